The van der Waals surface area contributed by atoms with Gasteiger partial charge in [0.05, 0.1) is 6.42 Å². The van der Waals surface area contributed by atoms with Crippen molar-refractivity contribution in [1.82, 2.24) is 0 Å². The Kier molecular flexibility index (Phi) is 5.79. The number of hydrogen-bond acceptors (Lipinski definition) is 4. The van der Waals surface area contributed by atoms with E-state index < -0.39 is 12.8 Å². The summed E-state index contributed by atoms with van der Waals surface area (Å²) in [4.78, 5) is 10.7. The first-order valence-electron chi connectivity index (χ1n) is 4.99. The number of rotatable bonds is 7. The van der Waals surface area contributed by atoms with E-state index in [2.05, 4.69) is 4.74 Å². The maximum atomic E-state index is 11.9. The third-order valence-electron chi connectivity index (χ3n) is 2.29. The lowest BCUT2D eigenvalue weighted by molar-refractivity contribution is -0.137. The molecule has 0 aliphatic carbocycles. The van der Waals surface area contributed by atoms with E-state index in [-0.39, 0.29) is 12.3 Å². The van der Waals surface area contributed by atoms with Crippen LogP contribution in [0.2, 0.25) is 0 Å². The zero-order valence-electron chi connectivity index (χ0n) is 9.14. The van der Waals surface area contributed by atoms with Crippen LogP contribution in [0.25, 0.3) is 0 Å². The molecular formula is C11H14FNO3S. The monoisotopic (exact) mass is 259 g/mol. The fourth-order valence-electron chi connectivity index (χ4n) is 1.50. The molecule has 1 atom stereocenters. The van der Waals surface area contributed by atoms with Crippen LogP contribution >= 0.6 is 11.9 Å². The Morgan fingerprint density at radius 2 is 2.12 bits per heavy atom. The Balaban J connectivity index is 2.75. The lowest BCUT2D eigenvalue weighted by Crippen LogP contribution is -2.10. The number of alkyl halides is 1. The largest absolute Gasteiger partial charge is 0.481 e. The van der Waals surface area contributed by atoms with Crippen molar-refractivity contribution in [2.75, 3.05) is 12.6 Å². The first kappa shape index (κ1) is 13.8. The fourth-order valence-corrected chi connectivity index (χ4v) is 2.04. The lowest BCUT2D eigenvalue weighted by Gasteiger charge is -2.14. The summed E-state index contributed by atoms with van der Waals surface area (Å²) in [5.41, 5.74) is 0.858. The molecule has 1 aromatic rings. The third-order valence-corrected chi connectivity index (χ3v) is 2.89. The van der Waals surface area contributed by atoms with Crippen LogP contribution in [0.5, 0.6) is 5.75 Å². The normalized spacial score (nSPS) is 12.1. The van der Waals surface area contributed by atoms with Crippen molar-refractivity contribution < 1.29 is 19.0 Å². The molecule has 0 aliphatic heterocycles. The molecule has 94 valence electrons. The molecule has 0 amide bonds. The van der Waals surface area contributed by atoms with E-state index in [4.69, 9.17) is 10.2 Å². The number of nitrogens with two attached hydrogens (primary N) is 1. The second kappa shape index (κ2) is 7.13. The molecule has 0 radical (unpaired) electrons. The Morgan fingerprint density at radius 3 is 2.59 bits per heavy atom. The number of carboxylic acid groups (broad SMARTS) is 1. The zero-order chi connectivity index (χ0) is 12.7. The van der Waals surface area contributed by atoms with Gasteiger partial charge in [0.25, 0.3) is 0 Å². The van der Waals surface area contributed by atoms with Crippen LogP contribution in [0.3, 0.4) is 0 Å². The number of carboxylic acids is 1. The van der Waals surface area contributed by atoms with Gasteiger partial charge in [-0.15, -0.1) is 0 Å². The quantitative estimate of drug-likeness (QED) is 0.734. The molecule has 0 saturated heterocycles. The maximum absolute atomic E-state index is 11.9. The van der Waals surface area contributed by atoms with Crippen molar-refractivity contribution in [3.8, 4) is 5.75 Å². The number of ether oxygens (including phenoxy) is 1. The van der Waals surface area contributed by atoms with E-state index in [1.807, 2.05) is 0 Å². The van der Waals surface area contributed by atoms with Gasteiger partial charge in [-0.1, -0.05) is 24.1 Å². The average molecular weight is 259 g/mol. The van der Waals surface area contributed by atoms with Crippen molar-refractivity contribution in [3.63, 3.8) is 0 Å². The minimum atomic E-state index is -0.878. The second-order valence-corrected chi connectivity index (χ2v) is 4.12. The smallest absolute Gasteiger partial charge is 0.303 e. The van der Waals surface area contributed by atoms with Crippen LogP contribution in [-0.2, 0) is 4.79 Å². The van der Waals surface area contributed by atoms with Gasteiger partial charge in [0.2, 0.25) is 6.86 Å². The Labute approximate surface area is 103 Å². The molecule has 1 rings (SSSR count). The average Bonchev–Trinajstić information content (AvgIpc) is 2.29. The summed E-state index contributed by atoms with van der Waals surface area (Å²) in [7, 11) is 0. The highest BCUT2D eigenvalue weighted by Gasteiger charge is 2.15. The third kappa shape index (κ3) is 4.62. The predicted octanol–water partition coefficient (Wildman–Crippen LogP) is 2.16. The molecule has 4 nitrogen and oxygen atoms in total. The molecule has 0 bridgehead atoms. The highest BCUT2D eigenvalue weighted by atomic mass is 32.2. The molecule has 3 N–H and O–H groups in total. The number of carbonyl (C=O) groups is 1. The van der Waals surface area contributed by atoms with Crippen molar-refractivity contribution >= 4 is 17.9 Å². The standard InChI is InChI=1S/C11H14FNO3S/c12-7-16-10-3-1-8(2-4-10)9(6-17-13)5-11(14)15/h1-4,9H,5-7,13H2,(H,14,15). The van der Waals surface area contributed by atoms with Gasteiger partial charge >= 0.3 is 5.97 Å². The summed E-state index contributed by atoms with van der Waals surface area (Å²) in [6.45, 7) is -0.878. The van der Waals surface area contributed by atoms with Gasteiger partial charge in [-0.2, -0.15) is 0 Å². The van der Waals surface area contributed by atoms with E-state index in [1.54, 1.807) is 24.3 Å². The summed E-state index contributed by atoms with van der Waals surface area (Å²) in [5, 5.41) is 14.2. The van der Waals surface area contributed by atoms with E-state index in [0.717, 1.165) is 17.5 Å². The van der Waals surface area contributed by atoms with Crippen molar-refractivity contribution in [2.45, 2.75) is 12.3 Å². The number of benzene rings is 1. The van der Waals surface area contributed by atoms with Crippen LogP contribution in [0, 0.1) is 0 Å². The molecular weight excluding hydrogens is 245 g/mol. The molecule has 1 unspecified atom stereocenters. The van der Waals surface area contributed by atoms with Crippen molar-refractivity contribution in [3.05, 3.63) is 29.8 Å². The molecule has 0 fully saturated rings. The molecule has 6 heteroatoms. The summed E-state index contributed by atoms with van der Waals surface area (Å²) >= 11 is 1.11. The van der Waals surface area contributed by atoms with Crippen LogP contribution in [0.1, 0.15) is 17.9 Å². The first-order chi connectivity index (χ1) is 8.17. The SMILES string of the molecule is NSCC(CC(=O)O)c1ccc(OCF)cc1. The van der Waals surface area contributed by atoms with Crippen LogP contribution in [0.15, 0.2) is 24.3 Å². The summed E-state index contributed by atoms with van der Waals surface area (Å²) in [6, 6.07) is 6.69. The second-order valence-electron chi connectivity index (χ2n) is 3.45. The molecule has 0 aromatic heterocycles. The molecule has 0 saturated carbocycles. The summed E-state index contributed by atoms with van der Waals surface area (Å²) < 4.78 is 16.6. The fraction of sp³-hybridized carbons (Fsp3) is 0.364. The van der Waals surface area contributed by atoms with E-state index in [0.29, 0.717) is 11.5 Å². The predicted molar refractivity (Wildman–Crippen MR) is 64.7 cm³/mol. The molecule has 0 aliphatic rings. The van der Waals surface area contributed by atoms with Crippen LogP contribution < -0.4 is 9.88 Å². The van der Waals surface area contributed by atoms with Gasteiger partial charge in [-0.05, 0) is 17.7 Å². The van der Waals surface area contributed by atoms with Crippen LogP contribution in [-0.4, -0.2) is 23.7 Å². The van der Waals surface area contributed by atoms with Gasteiger partial charge in [0.15, 0.2) is 0 Å². The van der Waals surface area contributed by atoms with Gasteiger partial charge in [-0.3, -0.25) is 9.93 Å². The van der Waals surface area contributed by atoms with Gasteiger partial charge in [-0.25, -0.2) is 4.39 Å². The number of halogens is 1. The molecule has 0 heterocycles. The Bertz CT molecular complexity index is 358. The molecule has 0 spiro atoms. The summed E-state index contributed by atoms with van der Waals surface area (Å²) in [5.74, 6) is -0.0731. The van der Waals surface area contributed by atoms with E-state index >= 15 is 0 Å². The van der Waals surface area contributed by atoms with Crippen LogP contribution in [0.4, 0.5) is 4.39 Å². The molecule has 17 heavy (non-hydrogen) atoms. The van der Waals surface area contributed by atoms with Gasteiger partial charge < -0.3 is 9.84 Å². The number of hydrogen-bond donors (Lipinski definition) is 2. The van der Waals surface area contributed by atoms with Crippen molar-refractivity contribution in [2.24, 2.45) is 5.14 Å². The molecule has 1 aromatic carbocycles. The lowest BCUT2D eigenvalue weighted by atomic mass is 9.98. The van der Waals surface area contributed by atoms with Gasteiger partial charge in [0.1, 0.15) is 5.75 Å². The minimum Gasteiger partial charge on any atom is -0.481 e. The van der Waals surface area contributed by atoms with Crippen molar-refractivity contribution in [1.29, 1.82) is 0 Å². The Morgan fingerprint density at radius 1 is 1.47 bits per heavy atom. The highest BCUT2D eigenvalue weighted by Crippen LogP contribution is 2.24. The summed E-state index contributed by atoms with van der Waals surface area (Å²) in [6.07, 6.45) is 0.0213. The highest BCUT2D eigenvalue weighted by molar-refractivity contribution is 7.97. The Hall–Kier alpha value is -1.27. The van der Waals surface area contributed by atoms with E-state index in [9.17, 15) is 9.18 Å². The topological polar surface area (TPSA) is 72.6 Å². The number of aliphatic carboxylic acids is 1. The minimum absolute atomic E-state index is 0.0213. The maximum Gasteiger partial charge on any atom is 0.303 e. The van der Waals surface area contributed by atoms with Gasteiger partial charge in [0, 0.05) is 11.7 Å². The van der Waals surface area contributed by atoms with E-state index in [1.165, 1.54) is 0 Å². The zero-order valence-corrected chi connectivity index (χ0v) is 9.95. The first-order valence-corrected chi connectivity index (χ1v) is 6.04.